The summed E-state index contributed by atoms with van der Waals surface area (Å²) in [6, 6.07) is -0.752. The maximum atomic E-state index is 9.52. The lowest BCUT2D eigenvalue weighted by Crippen LogP contribution is -2.48. The molecule has 0 fully saturated rings. The van der Waals surface area contributed by atoms with E-state index in [9.17, 15) is 15.3 Å². The van der Waals surface area contributed by atoms with E-state index in [-0.39, 0.29) is 12.2 Å². The molecule has 0 amide bonds. The van der Waals surface area contributed by atoms with Gasteiger partial charge in [0, 0.05) is 6.21 Å². The van der Waals surface area contributed by atoms with Gasteiger partial charge in [-0.1, -0.05) is 6.08 Å². The predicted molar refractivity (Wildman–Crippen MR) is 52.6 cm³/mol. The molecule has 0 aromatic carbocycles. The van der Waals surface area contributed by atoms with E-state index >= 15 is 0 Å². The first kappa shape index (κ1) is 12.3. The van der Waals surface area contributed by atoms with Gasteiger partial charge in [-0.05, 0) is 5.57 Å². The van der Waals surface area contributed by atoms with Gasteiger partial charge in [0.2, 0.25) is 0 Å². The summed E-state index contributed by atoms with van der Waals surface area (Å²) in [7, 11) is 0. The molecule has 86 valence electrons. The van der Waals surface area contributed by atoms with Crippen molar-refractivity contribution in [1.29, 1.82) is 0 Å². The average Bonchev–Trinajstić information content (AvgIpc) is 2.25. The van der Waals surface area contributed by atoms with Gasteiger partial charge >= 0.3 is 0 Å². The van der Waals surface area contributed by atoms with Gasteiger partial charge < -0.3 is 25.5 Å². The highest BCUT2D eigenvalue weighted by Crippen LogP contribution is 2.21. The topological polar surface area (TPSA) is 114 Å². The maximum absolute atomic E-state index is 9.52. The quantitative estimate of drug-likeness (QED) is 0.263. The SMILES string of the molecule is OCC=NC1C=C(CO)C(O)C(O)C1O. The van der Waals surface area contributed by atoms with Crippen LogP contribution in [0, 0.1) is 0 Å². The lowest BCUT2D eigenvalue weighted by atomic mass is 9.88. The third-order valence-corrected chi connectivity index (χ3v) is 2.33. The van der Waals surface area contributed by atoms with Crippen LogP contribution in [0.25, 0.3) is 0 Å². The monoisotopic (exact) mass is 217 g/mol. The molecule has 6 heteroatoms. The molecule has 4 atom stereocenters. The van der Waals surface area contributed by atoms with Crippen LogP contribution in [0.4, 0.5) is 0 Å². The Balaban J connectivity index is 2.87. The second-order valence-corrected chi connectivity index (χ2v) is 3.33. The third-order valence-electron chi connectivity index (χ3n) is 2.33. The summed E-state index contributed by atoms with van der Waals surface area (Å²) in [5.41, 5.74) is 0.216. The molecule has 0 aliphatic heterocycles. The Morgan fingerprint density at radius 3 is 2.40 bits per heavy atom. The van der Waals surface area contributed by atoms with Crippen LogP contribution in [-0.2, 0) is 0 Å². The van der Waals surface area contributed by atoms with Crippen molar-refractivity contribution in [1.82, 2.24) is 0 Å². The van der Waals surface area contributed by atoms with Gasteiger partial charge in [0.25, 0.3) is 0 Å². The van der Waals surface area contributed by atoms with Crippen molar-refractivity contribution in [3.8, 4) is 0 Å². The number of aliphatic hydroxyl groups excluding tert-OH is 5. The van der Waals surface area contributed by atoms with Gasteiger partial charge in [-0.3, -0.25) is 4.99 Å². The fourth-order valence-corrected chi connectivity index (χ4v) is 1.47. The summed E-state index contributed by atoms with van der Waals surface area (Å²) in [6.07, 6.45) is -1.32. The van der Waals surface area contributed by atoms with Crippen molar-refractivity contribution in [3.63, 3.8) is 0 Å². The number of aliphatic hydroxyl groups is 5. The molecule has 1 aliphatic carbocycles. The summed E-state index contributed by atoms with van der Waals surface area (Å²) in [5.74, 6) is 0. The summed E-state index contributed by atoms with van der Waals surface area (Å²) in [4.78, 5) is 3.78. The maximum Gasteiger partial charge on any atom is 0.112 e. The lowest BCUT2D eigenvalue weighted by molar-refractivity contribution is -0.0593. The molecule has 1 aliphatic rings. The molecule has 6 nitrogen and oxygen atoms in total. The molecule has 1 rings (SSSR count). The Hall–Kier alpha value is -0.790. The van der Waals surface area contributed by atoms with Crippen LogP contribution >= 0.6 is 0 Å². The molecule has 0 spiro atoms. The van der Waals surface area contributed by atoms with E-state index < -0.39 is 31.0 Å². The summed E-state index contributed by atoms with van der Waals surface area (Å²) >= 11 is 0. The van der Waals surface area contributed by atoms with Crippen LogP contribution in [0.2, 0.25) is 0 Å². The van der Waals surface area contributed by atoms with E-state index in [1.165, 1.54) is 12.3 Å². The minimum Gasteiger partial charge on any atom is -0.392 e. The summed E-state index contributed by atoms with van der Waals surface area (Å²) in [5, 5.41) is 45.8. The van der Waals surface area contributed by atoms with Crippen molar-refractivity contribution >= 4 is 6.21 Å². The largest absolute Gasteiger partial charge is 0.392 e. The van der Waals surface area contributed by atoms with Gasteiger partial charge in [-0.15, -0.1) is 0 Å². The van der Waals surface area contributed by atoms with Crippen molar-refractivity contribution < 1.29 is 25.5 Å². The van der Waals surface area contributed by atoms with Gasteiger partial charge in [0.05, 0.1) is 19.3 Å². The van der Waals surface area contributed by atoms with Crippen molar-refractivity contribution in [3.05, 3.63) is 11.6 Å². The Morgan fingerprint density at radius 2 is 1.87 bits per heavy atom. The molecule has 0 radical (unpaired) electrons. The number of hydrogen-bond acceptors (Lipinski definition) is 6. The van der Waals surface area contributed by atoms with Gasteiger partial charge in [0.1, 0.15) is 18.3 Å². The molecule has 0 aromatic heterocycles. The Bertz CT molecular complexity index is 265. The predicted octanol–water partition coefficient (Wildman–Crippen LogP) is -2.57. The van der Waals surface area contributed by atoms with Crippen LogP contribution in [0.5, 0.6) is 0 Å². The van der Waals surface area contributed by atoms with Crippen LogP contribution in [-0.4, -0.2) is 69.3 Å². The Labute approximate surface area is 86.8 Å². The minimum atomic E-state index is -1.38. The molecule has 0 aromatic rings. The first-order chi connectivity index (χ1) is 7.11. The summed E-state index contributed by atoms with van der Waals surface area (Å²) < 4.78 is 0. The fraction of sp³-hybridized carbons (Fsp3) is 0.667. The van der Waals surface area contributed by atoms with E-state index in [1.54, 1.807) is 0 Å². The van der Waals surface area contributed by atoms with Gasteiger partial charge in [-0.25, -0.2) is 0 Å². The Morgan fingerprint density at radius 1 is 1.20 bits per heavy atom. The van der Waals surface area contributed by atoms with Gasteiger partial charge in [0.15, 0.2) is 0 Å². The van der Waals surface area contributed by atoms with Crippen LogP contribution in [0.1, 0.15) is 0 Å². The first-order valence-corrected chi connectivity index (χ1v) is 4.60. The number of hydrogen-bond donors (Lipinski definition) is 5. The zero-order valence-electron chi connectivity index (χ0n) is 8.06. The highest BCUT2D eigenvalue weighted by Gasteiger charge is 2.36. The van der Waals surface area contributed by atoms with Crippen molar-refractivity contribution in [2.75, 3.05) is 13.2 Å². The Kier molecular flexibility index (Phi) is 4.37. The molecule has 15 heavy (non-hydrogen) atoms. The van der Waals surface area contributed by atoms with Crippen molar-refractivity contribution in [2.24, 2.45) is 4.99 Å². The van der Waals surface area contributed by atoms with Crippen LogP contribution in [0.3, 0.4) is 0 Å². The number of aliphatic imine (C=N–C) groups is 1. The van der Waals surface area contributed by atoms with E-state index in [2.05, 4.69) is 4.99 Å². The molecule has 0 bridgehead atoms. The highest BCUT2D eigenvalue weighted by atomic mass is 16.4. The zero-order valence-corrected chi connectivity index (χ0v) is 8.06. The number of rotatable bonds is 3. The molecule has 0 heterocycles. The molecule has 5 N–H and O–H groups in total. The van der Waals surface area contributed by atoms with Gasteiger partial charge in [-0.2, -0.15) is 0 Å². The van der Waals surface area contributed by atoms with E-state index in [1.807, 2.05) is 0 Å². The molecule has 4 unspecified atom stereocenters. The average molecular weight is 217 g/mol. The van der Waals surface area contributed by atoms with E-state index in [4.69, 9.17) is 10.2 Å². The standard InChI is InChI=1S/C9H15NO5/c11-2-1-10-6-3-5(4-12)7(13)9(15)8(6)14/h1,3,6-9,11-15H,2,4H2. The van der Waals surface area contributed by atoms with Crippen LogP contribution in [0.15, 0.2) is 16.6 Å². The third kappa shape index (κ3) is 2.61. The summed E-state index contributed by atoms with van der Waals surface area (Å²) in [6.45, 7) is -0.680. The van der Waals surface area contributed by atoms with Crippen LogP contribution < -0.4 is 0 Å². The van der Waals surface area contributed by atoms with E-state index in [0.29, 0.717) is 0 Å². The van der Waals surface area contributed by atoms with E-state index in [0.717, 1.165) is 0 Å². The number of nitrogens with zero attached hydrogens (tertiary/aromatic N) is 1. The zero-order chi connectivity index (χ0) is 11.4. The minimum absolute atomic E-state index is 0.216. The normalized spacial score (nSPS) is 37.0. The molecule has 0 saturated heterocycles. The highest BCUT2D eigenvalue weighted by molar-refractivity contribution is 5.58. The van der Waals surface area contributed by atoms with Crippen molar-refractivity contribution in [2.45, 2.75) is 24.4 Å². The molecular weight excluding hydrogens is 202 g/mol. The second-order valence-electron chi connectivity index (χ2n) is 3.33. The second kappa shape index (κ2) is 5.34. The smallest absolute Gasteiger partial charge is 0.112 e. The lowest BCUT2D eigenvalue weighted by Gasteiger charge is -2.32. The first-order valence-electron chi connectivity index (χ1n) is 4.60. The molecular formula is C9H15NO5. The fourth-order valence-electron chi connectivity index (χ4n) is 1.47. The molecule has 0 saturated carbocycles.